The van der Waals surface area contributed by atoms with Gasteiger partial charge in [0.15, 0.2) is 0 Å². The van der Waals surface area contributed by atoms with Crippen LogP contribution in [-0.4, -0.2) is 9.97 Å². The lowest BCUT2D eigenvalue weighted by atomic mass is 10.0. The number of nitrogens with zero attached hydrogens (tertiary/aromatic N) is 2. The molecule has 2 heterocycles. The summed E-state index contributed by atoms with van der Waals surface area (Å²) >= 11 is 7.69. The Morgan fingerprint density at radius 1 is 1.24 bits per heavy atom. The molecule has 1 N–H and O–H groups in total. The number of benzene rings is 1. The summed E-state index contributed by atoms with van der Waals surface area (Å²) in [4.78, 5) is 10.8. The lowest BCUT2D eigenvalue weighted by Gasteiger charge is -2.18. The Bertz CT molecular complexity index is 755. The van der Waals surface area contributed by atoms with Gasteiger partial charge in [0.2, 0.25) is 5.28 Å². The molecule has 0 amide bonds. The van der Waals surface area contributed by atoms with Crippen LogP contribution in [-0.2, 0) is 0 Å². The number of fused-ring (bicyclic) bond motifs is 1. The zero-order valence-corrected chi connectivity index (χ0v) is 13.5. The van der Waals surface area contributed by atoms with Crippen molar-refractivity contribution in [3.8, 4) is 0 Å². The molecule has 0 aliphatic rings. The number of hydrogen-bond acceptors (Lipinski definition) is 4. The first-order chi connectivity index (χ1) is 10.2. The highest BCUT2D eigenvalue weighted by Crippen LogP contribution is 2.32. The summed E-state index contributed by atoms with van der Waals surface area (Å²) in [5.74, 6) is 0.810. The van der Waals surface area contributed by atoms with Gasteiger partial charge in [-0.05, 0) is 36.6 Å². The predicted octanol–water partition coefficient (Wildman–Crippen LogP) is 5.22. The zero-order chi connectivity index (χ0) is 14.8. The molecule has 0 fully saturated rings. The van der Waals surface area contributed by atoms with E-state index in [2.05, 4.69) is 59.5 Å². The maximum atomic E-state index is 6.05. The summed E-state index contributed by atoms with van der Waals surface area (Å²) in [5.41, 5.74) is 1.25. The smallest absolute Gasteiger partial charge is 0.225 e. The molecule has 0 saturated carbocycles. The van der Waals surface area contributed by atoms with Crippen molar-refractivity contribution in [1.82, 2.24) is 9.97 Å². The summed E-state index contributed by atoms with van der Waals surface area (Å²) in [6, 6.07) is 12.7. The van der Waals surface area contributed by atoms with E-state index in [9.17, 15) is 0 Å². The van der Waals surface area contributed by atoms with E-state index < -0.39 is 0 Å². The standard InChI is InChI=1S/C16H16ClN3S/c1-3-13(11-7-5-4-6-8-11)18-14-12-9-10(2)21-15(12)20-16(17)19-14/h4-9,13H,3H2,1-2H3,(H,18,19,20). The van der Waals surface area contributed by atoms with Gasteiger partial charge < -0.3 is 5.32 Å². The van der Waals surface area contributed by atoms with Crippen molar-refractivity contribution in [2.24, 2.45) is 0 Å². The summed E-state index contributed by atoms with van der Waals surface area (Å²) in [7, 11) is 0. The molecule has 0 spiro atoms. The van der Waals surface area contributed by atoms with Gasteiger partial charge in [-0.1, -0.05) is 37.3 Å². The third-order valence-electron chi connectivity index (χ3n) is 3.41. The van der Waals surface area contributed by atoms with Crippen molar-refractivity contribution in [2.75, 3.05) is 5.32 Å². The average Bonchev–Trinajstić information content (AvgIpc) is 2.85. The lowest BCUT2D eigenvalue weighted by Crippen LogP contribution is -2.11. The number of anilines is 1. The van der Waals surface area contributed by atoms with Gasteiger partial charge in [0, 0.05) is 4.88 Å². The van der Waals surface area contributed by atoms with Gasteiger partial charge in [-0.2, -0.15) is 0 Å². The summed E-state index contributed by atoms with van der Waals surface area (Å²) in [6.07, 6.45) is 0.968. The van der Waals surface area contributed by atoms with E-state index >= 15 is 0 Å². The van der Waals surface area contributed by atoms with Crippen LogP contribution in [0.3, 0.4) is 0 Å². The monoisotopic (exact) mass is 317 g/mol. The van der Waals surface area contributed by atoms with E-state index in [1.807, 2.05) is 6.07 Å². The predicted molar refractivity (Wildman–Crippen MR) is 90.3 cm³/mol. The Kier molecular flexibility index (Phi) is 4.08. The van der Waals surface area contributed by atoms with Crippen molar-refractivity contribution in [3.05, 3.63) is 52.1 Å². The normalized spacial score (nSPS) is 12.5. The molecule has 0 aliphatic heterocycles. The van der Waals surface area contributed by atoms with Crippen LogP contribution in [0.4, 0.5) is 5.82 Å². The second kappa shape index (κ2) is 6.00. The molecule has 0 bridgehead atoms. The van der Waals surface area contributed by atoms with Crippen molar-refractivity contribution >= 4 is 39.0 Å². The highest BCUT2D eigenvalue weighted by molar-refractivity contribution is 7.18. The summed E-state index contributed by atoms with van der Waals surface area (Å²) in [6.45, 7) is 4.22. The topological polar surface area (TPSA) is 37.8 Å². The van der Waals surface area contributed by atoms with Crippen LogP contribution >= 0.6 is 22.9 Å². The van der Waals surface area contributed by atoms with Gasteiger partial charge in [-0.15, -0.1) is 11.3 Å². The van der Waals surface area contributed by atoms with Crippen LogP contribution in [0, 0.1) is 6.92 Å². The molecular weight excluding hydrogens is 302 g/mol. The van der Waals surface area contributed by atoms with Crippen LogP contribution in [0.5, 0.6) is 0 Å². The van der Waals surface area contributed by atoms with Crippen LogP contribution < -0.4 is 5.32 Å². The Labute approximate surface area is 133 Å². The fraction of sp³-hybridized carbons (Fsp3) is 0.250. The lowest BCUT2D eigenvalue weighted by molar-refractivity contribution is 0.745. The van der Waals surface area contributed by atoms with E-state index in [-0.39, 0.29) is 11.3 Å². The molecule has 1 unspecified atom stereocenters. The van der Waals surface area contributed by atoms with Crippen LogP contribution in [0.2, 0.25) is 5.28 Å². The van der Waals surface area contributed by atoms with Crippen LogP contribution in [0.1, 0.15) is 29.8 Å². The zero-order valence-electron chi connectivity index (χ0n) is 11.9. The Morgan fingerprint density at radius 2 is 2.00 bits per heavy atom. The second-order valence-electron chi connectivity index (χ2n) is 4.93. The maximum absolute atomic E-state index is 6.05. The van der Waals surface area contributed by atoms with Gasteiger partial charge in [0.1, 0.15) is 10.6 Å². The third kappa shape index (κ3) is 3.01. The number of halogens is 1. The van der Waals surface area contributed by atoms with Crippen molar-refractivity contribution in [2.45, 2.75) is 26.3 Å². The molecule has 3 nitrogen and oxygen atoms in total. The van der Waals surface area contributed by atoms with E-state index in [0.717, 1.165) is 22.5 Å². The van der Waals surface area contributed by atoms with E-state index in [4.69, 9.17) is 11.6 Å². The van der Waals surface area contributed by atoms with Gasteiger partial charge >= 0.3 is 0 Å². The number of aryl methyl sites for hydroxylation is 1. The molecule has 0 saturated heterocycles. The molecule has 1 aromatic carbocycles. The second-order valence-corrected chi connectivity index (χ2v) is 6.51. The Balaban J connectivity index is 2.00. The summed E-state index contributed by atoms with van der Waals surface area (Å²) < 4.78 is 0. The van der Waals surface area contributed by atoms with Gasteiger partial charge in [-0.3, -0.25) is 0 Å². The molecule has 0 aliphatic carbocycles. The Morgan fingerprint density at radius 3 is 2.71 bits per heavy atom. The molecule has 3 aromatic rings. The fourth-order valence-electron chi connectivity index (χ4n) is 2.40. The largest absolute Gasteiger partial charge is 0.363 e. The highest BCUT2D eigenvalue weighted by atomic mass is 35.5. The minimum Gasteiger partial charge on any atom is -0.363 e. The average molecular weight is 318 g/mol. The van der Waals surface area contributed by atoms with E-state index in [0.29, 0.717) is 0 Å². The molecule has 5 heteroatoms. The molecule has 108 valence electrons. The van der Waals surface area contributed by atoms with Crippen molar-refractivity contribution < 1.29 is 0 Å². The minimum absolute atomic E-state index is 0.209. The number of hydrogen-bond donors (Lipinski definition) is 1. The molecule has 2 aromatic heterocycles. The first kappa shape index (κ1) is 14.3. The number of aromatic nitrogens is 2. The van der Waals surface area contributed by atoms with Gasteiger partial charge in [0.05, 0.1) is 11.4 Å². The SMILES string of the molecule is CCC(Nc1nc(Cl)nc2sc(C)cc12)c1ccccc1. The van der Waals surface area contributed by atoms with E-state index in [1.54, 1.807) is 11.3 Å². The highest BCUT2D eigenvalue weighted by Gasteiger charge is 2.14. The van der Waals surface area contributed by atoms with Crippen LogP contribution in [0.15, 0.2) is 36.4 Å². The number of nitrogens with one attached hydrogen (secondary N) is 1. The summed E-state index contributed by atoms with van der Waals surface area (Å²) in [5, 5.41) is 4.84. The third-order valence-corrected chi connectivity index (χ3v) is 4.52. The van der Waals surface area contributed by atoms with Gasteiger partial charge in [0.25, 0.3) is 0 Å². The van der Waals surface area contributed by atoms with E-state index in [1.165, 1.54) is 10.4 Å². The maximum Gasteiger partial charge on any atom is 0.225 e. The fourth-order valence-corrected chi connectivity index (χ4v) is 3.50. The number of rotatable bonds is 4. The number of thiophene rings is 1. The van der Waals surface area contributed by atoms with Crippen molar-refractivity contribution in [3.63, 3.8) is 0 Å². The molecule has 1 atom stereocenters. The molecular formula is C16H16ClN3S. The van der Waals surface area contributed by atoms with Crippen molar-refractivity contribution in [1.29, 1.82) is 0 Å². The first-order valence-electron chi connectivity index (χ1n) is 6.92. The molecule has 21 heavy (non-hydrogen) atoms. The minimum atomic E-state index is 0.209. The first-order valence-corrected chi connectivity index (χ1v) is 8.12. The van der Waals surface area contributed by atoms with Crippen LogP contribution in [0.25, 0.3) is 10.2 Å². The molecule has 0 radical (unpaired) electrons. The van der Waals surface area contributed by atoms with Gasteiger partial charge in [-0.25, -0.2) is 9.97 Å². The molecule has 3 rings (SSSR count). The quantitative estimate of drug-likeness (QED) is 0.671. The Hall–Kier alpha value is -1.65.